The Balaban J connectivity index is 2.00. The molecule has 0 aliphatic rings. The average molecular weight is 265 g/mol. The lowest BCUT2D eigenvalue weighted by molar-refractivity contribution is 0.114. The first-order chi connectivity index (χ1) is 8.63. The zero-order chi connectivity index (χ0) is 13.0. The van der Waals surface area contributed by atoms with Crippen molar-refractivity contribution in [2.75, 3.05) is 6.54 Å². The fourth-order valence-corrected chi connectivity index (χ4v) is 2.90. The molecule has 0 aliphatic carbocycles. The molecule has 2 heterocycles. The van der Waals surface area contributed by atoms with E-state index in [2.05, 4.69) is 24.0 Å². The molecule has 0 unspecified atom stereocenters. The van der Waals surface area contributed by atoms with Crippen molar-refractivity contribution < 1.29 is 9.52 Å². The Kier molecular flexibility index (Phi) is 4.58. The lowest BCUT2D eigenvalue weighted by Crippen LogP contribution is -2.29. The molecule has 0 amide bonds. The minimum Gasteiger partial charge on any atom is -0.468 e. The molecule has 0 spiro atoms. The van der Waals surface area contributed by atoms with Crippen LogP contribution in [0.2, 0.25) is 0 Å². The summed E-state index contributed by atoms with van der Waals surface area (Å²) < 4.78 is 5.37. The van der Waals surface area contributed by atoms with Crippen LogP contribution in [-0.4, -0.2) is 22.7 Å². The summed E-state index contributed by atoms with van der Waals surface area (Å²) in [5, 5.41) is 9.57. The van der Waals surface area contributed by atoms with Crippen LogP contribution in [0.4, 0.5) is 0 Å². The molecule has 1 N–H and O–H groups in total. The number of hydrogen-bond donors (Lipinski definition) is 1. The molecular formula is C14H19NO2S. The van der Waals surface area contributed by atoms with Gasteiger partial charge >= 0.3 is 0 Å². The summed E-state index contributed by atoms with van der Waals surface area (Å²) in [7, 11) is 0. The molecule has 0 aromatic carbocycles. The Hall–Kier alpha value is -1.10. The molecule has 4 heteroatoms. The fourth-order valence-electron chi connectivity index (χ4n) is 1.97. The molecule has 98 valence electrons. The van der Waals surface area contributed by atoms with Gasteiger partial charge in [-0.2, -0.15) is 0 Å². The van der Waals surface area contributed by atoms with Crippen molar-refractivity contribution >= 4 is 11.3 Å². The number of aliphatic hydroxyl groups excluding tert-OH is 1. The van der Waals surface area contributed by atoms with Gasteiger partial charge in [-0.3, -0.25) is 4.90 Å². The summed E-state index contributed by atoms with van der Waals surface area (Å²) in [6, 6.07) is 8.14. The molecule has 0 saturated carbocycles. The van der Waals surface area contributed by atoms with Gasteiger partial charge in [0.1, 0.15) is 5.76 Å². The molecule has 18 heavy (non-hydrogen) atoms. The molecule has 2 rings (SSSR count). The Morgan fingerprint density at radius 3 is 2.72 bits per heavy atom. The molecule has 2 aromatic heterocycles. The van der Waals surface area contributed by atoms with Crippen LogP contribution in [0.1, 0.15) is 22.4 Å². The van der Waals surface area contributed by atoms with Gasteiger partial charge in [0, 0.05) is 22.8 Å². The van der Waals surface area contributed by atoms with Gasteiger partial charge in [0.25, 0.3) is 0 Å². The van der Waals surface area contributed by atoms with Crippen LogP contribution in [0, 0.1) is 6.92 Å². The molecule has 0 radical (unpaired) electrons. The smallest absolute Gasteiger partial charge is 0.117 e. The van der Waals surface area contributed by atoms with Crippen LogP contribution in [0.3, 0.4) is 0 Å². The summed E-state index contributed by atoms with van der Waals surface area (Å²) in [5.74, 6) is 0.934. The minimum absolute atomic E-state index is 0.332. The molecule has 0 saturated heterocycles. The second-order valence-electron chi connectivity index (χ2n) is 4.61. The maximum absolute atomic E-state index is 9.57. The number of furan rings is 1. The number of rotatable bonds is 6. The lowest BCUT2D eigenvalue weighted by Gasteiger charge is -2.21. The Morgan fingerprint density at radius 1 is 1.33 bits per heavy atom. The number of thiophene rings is 1. The van der Waals surface area contributed by atoms with Crippen molar-refractivity contribution in [3.8, 4) is 0 Å². The third-order valence-corrected chi connectivity index (χ3v) is 3.64. The molecule has 3 nitrogen and oxygen atoms in total. The highest BCUT2D eigenvalue weighted by atomic mass is 32.1. The number of hydrogen-bond acceptors (Lipinski definition) is 4. The van der Waals surface area contributed by atoms with Crippen molar-refractivity contribution in [1.82, 2.24) is 4.90 Å². The van der Waals surface area contributed by atoms with Crippen molar-refractivity contribution in [1.29, 1.82) is 0 Å². The molecular weight excluding hydrogens is 246 g/mol. The van der Waals surface area contributed by atoms with E-state index in [-0.39, 0.29) is 6.10 Å². The first-order valence-corrected chi connectivity index (χ1v) is 6.93. The van der Waals surface area contributed by atoms with Gasteiger partial charge in [-0.15, -0.1) is 11.3 Å². The molecule has 0 bridgehead atoms. The Morgan fingerprint density at radius 2 is 2.17 bits per heavy atom. The molecule has 1 atom stereocenters. The first-order valence-electron chi connectivity index (χ1n) is 6.11. The van der Waals surface area contributed by atoms with Gasteiger partial charge in [0.2, 0.25) is 0 Å². The standard InChI is InChI=1S/C14H19NO2S/c1-11(16)8-15(9-13-4-3-7-17-13)10-14-6-5-12(2)18-14/h3-7,11,16H,8-10H2,1-2H3/t11-/m0/s1. The van der Waals surface area contributed by atoms with Crippen molar-refractivity contribution in [2.24, 2.45) is 0 Å². The van der Waals surface area contributed by atoms with Crippen molar-refractivity contribution in [3.63, 3.8) is 0 Å². The number of aryl methyl sites for hydroxylation is 1. The predicted molar refractivity (Wildman–Crippen MR) is 73.6 cm³/mol. The lowest BCUT2D eigenvalue weighted by atomic mass is 10.3. The van der Waals surface area contributed by atoms with Gasteiger partial charge < -0.3 is 9.52 Å². The van der Waals surface area contributed by atoms with Gasteiger partial charge in [-0.05, 0) is 38.1 Å². The average Bonchev–Trinajstić information content (AvgIpc) is 2.89. The fraction of sp³-hybridized carbons (Fsp3) is 0.429. The summed E-state index contributed by atoms with van der Waals surface area (Å²) in [6.07, 6.45) is 1.35. The highest BCUT2D eigenvalue weighted by molar-refractivity contribution is 7.11. The topological polar surface area (TPSA) is 36.6 Å². The number of aliphatic hydroxyl groups is 1. The van der Waals surface area contributed by atoms with E-state index in [4.69, 9.17) is 4.42 Å². The normalized spacial score (nSPS) is 13.1. The van der Waals surface area contributed by atoms with Crippen molar-refractivity contribution in [3.05, 3.63) is 46.0 Å². The van der Waals surface area contributed by atoms with Crippen LogP contribution in [0.25, 0.3) is 0 Å². The van der Waals surface area contributed by atoms with E-state index in [0.717, 1.165) is 18.8 Å². The van der Waals surface area contributed by atoms with Crippen molar-refractivity contribution in [2.45, 2.75) is 33.0 Å². The summed E-state index contributed by atoms with van der Waals surface area (Å²) in [4.78, 5) is 4.84. The van der Waals surface area contributed by atoms with Crippen LogP contribution in [0.5, 0.6) is 0 Å². The zero-order valence-electron chi connectivity index (χ0n) is 10.8. The van der Waals surface area contributed by atoms with E-state index >= 15 is 0 Å². The Bertz CT molecular complexity index is 462. The van der Waals surface area contributed by atoms with Gasteiger partial charge in [0.05, 0.1) is 18.9 Å². The number of nitrogens with zero attached hydrogens (tertiary/aromatic N) is 1. The Labute approximate surface area is 112 Å². The van der Waals surface area contributed by atoms with Crippen LogP contribution < -0.4 is 0 Å². The summed E-state index contributed by atoms with van der Waals surface area (Å²) in [5.41, 5.74) is 0. The minimum atomic E-state index is -0.332. The van der Waals surface area contributed by atoms with E-state index < -0.39 is 0 Å². The van der Waals surface area contributed by atoms with E-state index in [1.807, 2.05) is 19.1 Å². The van der Waals surface area contributed by atoms with Crippen LogP contribution >= 0.6 is 11.3 Å². The van der Waals surface area contributed by atoms with Crippen LogP contribution in [-0.2, 0) is 13.1 Å². The third-order valence-electron chi connectivity index (χ3n) is 2.66. The summed E-state index contributed by atoms with van der Waals surface area (Å²) >= 11 is 1.80. The summed E-state index contributed by atoms with van der Waals surface area (Å²) in [6.45, 7) is 6.16. The molecule has 0 fully saturated rings. The maximum atomic E-state index is 9.57. The molecule has 0 aliphatic heterocycles. The quantitative estimate of drug-likeness (QED) is 0.872. The van der Waals surface area contributed by atoms with Gasteiger partial charge in [-0.1, -0.05) is 0 Å². The van der Waals surface area contributed by atoms with Gasteiger partial charge in [-0.25, -0.2) is 0 Å². The van der Waals surface area contributed by atoms with Gasteiger partial charge in [0.15, 0.2) is 0 Å². The van der Waals surface area contributed by atoms with E-state index in [1.54, 1.807) is 17.6 Å². The molecule has 2 aromatic rings. The maximum Gasteiger partial charge on any atom is 0.117 e. The third kappa shape index (κ3) is 3.98. The first kappa shape index (κ1) is 13.3. The highest BCUT2D eigenvalue weighted by Gasteiger charge is 2.12. The zero-order valence-corrected chi connectivity index (χ0v) is 11.6. The van der Waals surface area contributed by atoms with E-state index in [1.165, 1.54) is 9.75 Å². The van der Waals surface area contributed by atoms with E-state index in [0.29, 0.717) is 6.54 Å². The monoisotopic (exact) mass is 265 g/mol. The second kappa shape index (κ2) is 6.18. The second-order valence-corrected chi connectivity index (χ2v) is 5.98. The SMILES string of the molecule is Cc1ccc(CN(Cc2ccco2)C[C@H](C)O)s1. The predicted octanol–water partition coefficient (Wildman–Crippen LogP) is 3.03. The van der Waals surface area contributed by atoms with Crippen LogP contribution in [0.15, 0.2) is 34.9 Å². The highest BCUT2D eigenvalue weighted by Crippen LogP contribution is 2.18. The van der Waals surface area contributed by atoms with E-state index in [9.17, 15) is 5.11 Å². The largest absolute Gasteiger partial charge is 0.468 e.